The van der Waals surface area contributed by atoms with Gasteiger partial charge in [0.15, 0.2) is 6.10 Å². The van der Waals surface area contributed by atoms with Crippen molar-refractivity contribution in [2.45, 2.75) is 393 Å². The Kier molecular flexibility index (Phi) is 68.1. The summed E-state index contributed by atoms with van der Waals surface area (Å²) < 4.78 is 17.0. The number of carbonyl (C=O) groups is 3. The number of hydrogen-bond donors (Lipinski definition) is 0. The van der Waals surface area contributed by atoms with Crippen molar-refractivity contribution in [3.8, 4) is 0 Å². The molecule has 0 aromatic rings. The highest BCUT2D eigenvalue weighted by Gasteiger charge is 2.19. The SMILES string of the molecule is CC/C=C\C/C=C\C/C=C\C/C=C\CCCCCCCCCCCCCCCCCCCCCCCCC(=O)OCC(COC(=O)CCCCCCCCCCCCCCCC)OC(=O)CCCCCCC/C=C\CCCCCCCC. The van der Waals surface area contributed by atoms with Gasteiger partial charge in [-0.25, -0.2) is 0 Å². The molecule has 478 valence electrons. The molecule has 0 amide bonds. The van der Waals surface area contributed by atoms with Crippen molar-refractivity contribution in [2.75, 3.05) is 13.2 Å². The number of allylic oxidation sites excluding steroid dienone is 10. The summed E-state index contributed by atoms with van der Waals surface area (Å²) in [6.45, 7) is 6.58. The highest BCUT2D eigenvalue weighted by atomic mass is 16.6. The maximum atomic E-state index is 12.9. The zero-order chi connectivity index (χ0) is 59.2. The van der Waals surface area contributed by atoms with Crippen LogP contribution in [0.25, 0.3) is 0 Å². The number of esters is 3. The minimum absolute atomic E-state index is 0.0703. The maximum absolute atomic E-state index is 12.9. The summed E-state index contributed by atoms with van der Waals surface area (Å²) in [4.78, 5) is 38.4. The van der Waals surface area contributed by atoms with Gasteiger partial charge in [-0.05, 0) is 83.5 Å². The van der Waals surface area contributed by atoms with E-state index in [0.29, 0.717) is 19.3 Å². The van der Waals surface area contributed by atoms with Crippen LogP contribution >= 0.6 is 0 Å². The van der Waals surface area contributed by atoms with E-state index in [9.17, 15) is 14.4 Å². The topological polar surface area (TPSA) is 78.9 Å². The van der Waals surface area contributed by atoms with Gasteiger partial charge in [0.1, 0.15) is 13.2 Å². The van der Waals surface area contributed by atoms with Crippen LogP contribution in [0.2, 0.25) is 0 Å². The standard InChI is InChI=1S/C76H138O6/c1-4-7-10-13-16-19-22-25-28-29-30-31-32-33-34-35-36-37-38-39-40-41-42-43-44-45-46-47-49-51-54-57-60-63-66-69-75(78)81-72-73(71-80-74(77)68-65-62-59-56-53-50-27-24-21-18-15-12-9-6-3)82-76(79)70-67-64-61-58-55-52-48-26-23-20-17-14-11-8-5-2/h7,10,16,19,25-26,28,30-31,48,73H,4-6,8-9,11-15,17-18,20-24,27,29,32-47,49-72H2,1-3H3/b10-7-,19-16-,28-25-,31-30-,48-26-. The van der Waals surface area contributed by atoms with Crippen molar-refractivity contribution in [1.29, 1.82) is 0 Å². The molecule has 0 bridgehead atoms. The molecule has 0 rings (SSSR count). The Labute approximate surface area is 510 Å². The van der Waals surface area contributed by atoms with E-state index in [2.05, 4.69) is 81.5 Å². The fourth-order valence-electron chi connectivity index (χ4n) is 10.8. The molecule has 0 heterocycles. The minimum Gasteiger partial charge on any atom is -0.462 e. The molecular weight excluding hydrogens is 1010 g/mol. The average Bonchev–Trinajstić information content (AvgIpc) is 3.48. The first kappa shape index (κ1) is 79.1. The Morgan fingerprint density at radius 3 is 0.756 bits per heavy atom. The first-order valence-corrected chi connectivity index (χ1v) is 36.3. The summed E-state index contributed by atoms with van der Waals surface area (Å²) in [7, 11) is 0. The molecular formula is C76H138O6. The van der Waals surface area contributed by atoms with Gasteiger partial charge in [0, 0.05) is 19.3 Å². The van der Waals surface area contributed by atoms with Gasteiger partial charge in [0.25, 0.3) is 0 Å². The van der Waals surface area contributed by atoms with E-state index in [4.69, 9.17) is 14.2 Å². The Balaban J connectivity index is 4.08. The number of rotatable bonds is 67. The van der Waals surface area contributed by atoms with Crippen molar-refractivity contribution in [3.63, 3.8) is 0 Å². The number of hydrogen-bond acceptors (Lipinski definition) is 6. The lowest BCUT2D eigenvalue weighted by atomic mass is 10.0. The van der Waals surface area contributed by atoms with Crippen molar-refractivity contribution in [2.24, 2.45) is 0 Å². The summed E-state index contributed by atoms with van der Waals surface area (Å²) in [5, 5.41) is 0. The van der Waals surface area contributed by atoms with E-state index in [1.807, 2.05) is 0 Å². The largest absolute Gasteiger partial charge is 0.462 e. The number of carbonyl (C=O) groups excluding carboxylic acids is 3. The molecule has 0 aliphatic carbocycles. The monoisotopic (exact) mass is 1150 g/mol. The second kappa shape index (κ2) is 70.6. The Morgan fingerprint density at radius 1 is 0.256 bits per heavy atom. The normalized spacial score (nSPS) is 12.4. The molecule has 1 atom stereocenters. The second-order valence-electron chi connectivity index (χ2n) is 24.5. The van der Waals surface area contributed by atoms with Gasteiger partial charge in [-0.15, -0.1) is 0 Å². The van der Waals surface area contributed by atoms with Gasteiger partial charge in [0.05, 0.1) is 0 Å². The minimum atomic E-state index is -0.774. The van der Waals surface area contributed by atoms with E-state index in [-0.39, 0.29) is 31.1 Å². The van der Waals surface area contributed by atoms with Crippen molar-refractivity contribution in [3.05, 3.63) is 60.8 Å². The number of ether oxygens (including phenoxy) is 3. The summed E-state index contributed by atoms with van der Waals surface area (Å²) >= 11 is 0. The van der Waals surface area contributed by atoms with Gasteiger partial charge in [-0.3, -0.25) is 14.4 Å². The molecule has 82 heavy (non-hydrogen) atoms. The smallest absolute Gasteiger partial charge is 0.306 e. The fraction of sp³-hybridized carbons (Fsp3) is 0.829. The molecule has 0 aromatic carbocycles. The van der Waals surface area contributed by atoms with Gasteiger partial charge >= 0.3 is 17.9 Å². The molecule has 0 N–H and O–H groups in total. The predicted octanol–water partition coefficient (Wildman–Crippen LogP) is 25.1. The van der Waals surface area contributed by atoms with Crippen LogP contribution in [0.3, 0.4) is 0 Å². The van der Waals surface area contributed by atoms with E-state index in [1.54, 1.807) is 0 Å². The van der Waals surface area contributed by atoms with Crippen molar-refractivity contribution >= 4 is 17.9 Å². The maximum Gasteiger partial charge on any atom is 0.306 e. The Morgan fingerprint density at radius 2 is 0.476 bits per heavy atom. The van der Waals surface area contributed by atoms with Crippen LogP contribution in [0.1, 0.15) is 387 Å². The van der Waals surface area contributed by atoms with Crippen LogP contribution in [0.15, 0.2) is 60.8 Å². The first-order chi connectivity index (χ1) is 40.5. The zero-order valence-electron chi connectivity index (χ0n) is 55.0. The summed E-state index contributed by atoms with van der Waals surface area (Å²) in [6.07, 6.45) is 91.3. The van der Waals surface area contributed by atoms with E-state index in [0.717, 1.165) is 89.9 Å². The molecule has 0 spiro atoms. The highest BCUT2D eigenvalue weighted by molar-refractivity contribution is 5.71. The van der Waals surface area contributed by atoms with E-state index in [1.165, 1.54) is 257 Å². The van der Waals surface area contributed by atoms with Crippen molar-refractivity contribution < 1.29 is 28.6 Å². The lowest BCUT2D eigenvalue weighted by molar-refractivity contribution is -0.167. The van der Waals surface area contributed by atoms with Crippen LogP contribution in [0, 0.1) is 0 Å². The average molecular weight is 1150 g/mol. The fourth-order valence-corrected chi connectivity index (χ4v) is 10.8. The lowest BCUT2D eigenvalue weighted by Gasteiger charge is -2.18. The molecule has 0 saturated carbocycles. The molecule has 6 nitrogen and oxygen atoms in total. The zero-order valence-corrected chi connectivity index (χ0v) is 55.0. The van der Waals surface area contributed by atoms with Crippen LogP contribution in [-0.4, -0.2) is 37.2 Å². The molecule has 0 fully saturated rings. The summed E-state index contributed by atoms with van der Waals surface area (Å²) in [6, 6.07) is 0. The van der Waals surface area contributed by atoms with Crippen LogP contribution in [0.5, 0.6) is 0 Å². The lowest BCUT2D eigenvalue weighted by Crippen LogP contribution is -2.30. The summed E-state index contributed by atoms with van der Waals surface area (Å²) in [5.41, 5.74) is 0. The first-order valence-electron chi connectivity index (χ1n) is 36.3. The quantitative estimate of drug-likeness (QED) is 0.0261. The Bertz CT molecular complexity index is 1460. The molecule has 0 saturated heterocycles. The Hall–Kier alpha value is -2.89. The summed E-state index contributed by atoms with van der Waals surface area (Å²) in [5.74, 6) is -0.851. The van der Waals surface area contributed by atoms with Gasteiger partial charge in [0.2, 0.25) is 0 Å². The third-order valence-corrected chi connectivity index (χ3v) is 16.3. The molecule has 1 unspecified atom stereocenters. The van der Waals surface area contributed by atoms with E-state index >= 15 is 0 Å². The van der Waals surface area contributed by atoms with Crippen molar-refractivity contribution in [1.82, 2.24) is 0 Å². The number of unbranched alkanes of at least 4 members (excludes halogenated alkanes) is 46. The van der Waals surface area contributed by atoms with Gasteiger partial charge in [-0.1, -0.05) is 345 Å². The highest BCUT2D eigenvalue weighted by Crippen LogP contribution is 2.18. The predicted molar refractivity (Wildman–Crippen MR) is 358 cm³/mol. The molecule has 6 heteroatoms. The molecule has 0 aromatic heterocycles. The van der Waals surface area contributed by atoms with E-state index < -0.39 is 6.10 Å². The molecule has 0 radical (unpaired) electrons. The van der Waals surface area contributed by atoms with Crippen LogP contribution < -0.4 is 0 Å². The molecule has 0 aliphatic rings. The van der Waals surface area contributed by atoms with Crippen LogP contribution in [0.4, 0.5) is 0 Å². The molecule has 0 aliphatic heterocycles. The third-order valence-electron chi connectivity index (χ3n) is 16.3. The van der Waals surface area contributed by atoms with Gasteiger partial charge < -0.3 is 14.2 Å². The second-order valence-corrected chi connectivity index (χ2v) is 24.5. The van der Waals surface area contributed by atoms with Gasteiger partial charge in [-0.2, -0.15) is 0 Å². The third kappa shape index (κ3) is 67.9. The van der Waals surface area contributed by atoms with Crippen LogP contribution in [-0.2, 0) is 28.6 Å².